The number of esters is 1. The van der Waals surface area contributed by atoms with Gasteiger partial charge < -0.3 is 10.1 Å². The van der Waals surface area contributed by atoms with E-state index in [1.807, 2.05) is 17.5 Å². The second kappa shape index (κ2) is 8.10. The van der Waals surface area contributed by atoms with Gasteiger partial charge in [0.05, 0.1) is 10.0 Å². The second-order valence-electron chi connectivity index (χ2n) is 4.40. The molecule has 5 nitrogen and oxygen atoms in total. The molecule has 0 saturated heterocycles. The van der Waals surface area contributed by atoms with Crippen molar-refractivity contribution in [2.75, 3.05) is 11.9 Å². The minimum atomic E-state index is -0.611. The van der Waals surface area contributed by atoms with Crippen LogP contribution < -0.4 is 5.32 Å². The highest BCUT2D eigenvalue weighted by Gasteiger charge is 2.12. The first-order valence-electron chi connectivity index (χ1n) is 6.46. The van der Waals surface area contributed by atoms with E-state index in [1.54, 1.807) is 13.0 Å². The van der Waals surface area contributed by atoms with E-state index in [1.165, 1.54) is 23.6 Å². The van der Waals surface area contributed by atoms with Crippen LogP contribution >= 0.6 is 34.5 Å². The molecular formula is C15H12Cl2N2O3S. The molecule has 0 saturated carbocycles. The maximum absolute atomic E-state index is 11.8. The summed E-state index contributed by atoms with van der Waals surface area (Å²) in [5, 5.41) is 5.00. The van der Waals surface area contributed by atoms with Gasteiger partial charge in [-0.15, -0.1) is 11.3 Å². The van der Waals surface area contributed by atoms with E-state index < -0.39 is 18.5 Å². The first kappa shape index (κ1) is 17.5. The van der Waals surface area contributed by atoms with Gasteiger partial charge in [-0.2, -0.15) is 0 Å². The number of hydrogen-bond donors (Lipinski definition) is 1. The molecule has 1 N–H and O–H groups in total. The molecule has 0 unspecified atom stereocenters. The Morgan fingerprint density at radius 1 is 1.43 bits per heavy atom. The molecule has 0 atom stereocenters. The van der Waals surface area contributed by atoms with Gasteiger partial charge >= 0.3 is 5.97 Å². The molecule has 0 aromatic carbocycles. The zero-order chi connectivity index (χ0) is 16.8. The Morgan fingerprint density at radius 2 is 2.22 bits per heavy atom. The smallest absolute Gasteiger partial charge is 0.331 e. The molecular weight excluding hydrogens is 359 g/mol. The zero-order valence-electron chi connectivity index (χ0n) is 12.0. The summed E-state index contributed by atoms with van der Waals surface area (Å²) < 4.78 is 4.84. The molecule has 0 aliphatic heterocycles. The lowest BCUT2D eigenvalue weighted by Gasteiger charge is -2.08. The third kappa shape index (κ3) is 5.06. The van der Waals surface area contributed by atoms with Gasteiger partial charge in [-0.05, 0) is 30.0 Å². The summed E-state index contributed by atoms with van der Waals surface area (Å²) >= 11 is 13.4. The average molecular weight is 371 g/mol. The highest BCUT2D eigenvalue weighted by atomic mass is 35.5. The van der Waals surface area contributed by atoms with Crippen LogP contribution in [0.25, 0.3) is 6.08 Å². The molecule has 0 aliphatic carbocycles. The number of aromatic nitrogens is 1. The Balaban J connectivity index is 1.86. The summed E-state index contributed by atoms with van der Waals surface area (Å²) in [5.41, 5.74) is 0.606. The van der Waals surface area contributed by atoms with Crippen LogP contribution in [0.2, 0.25) is 10.0 Å². The van der Waals surface area contributed by atoms with E-state index in [0.29, 0.717) is 10.6 Å². The Labute approximate surface area is 146 Å². The number of anilines is 1. The Kier molecular flexibility index (Phi) is 6.15. The van der Waals surface area contributed by atoms with Crippen molar-refractivity contribution in [2.45, 2.75) is 6.92 Å². The Bertz CT molecular complexity index is 745. The predicted octanol–water partition coefficient (Wildman–Crippen LogP) is 3.95. The molecule has 2 aromatic rings. The standard InChI is InChI=1S/C15H12Cl2N2O3S/c1-9-11(16)7-18-15(14(9)17)19-12(20)8-22-13(21)5-4-10-3-2-6-23-10/h2-7H,8H2,1H3,(H,18,19,20). The van der Waals surface area contributed by atoms with E-state index in [9.17, 15) is 9.59 Å². The van der Waals surface area contributed by atoms with Crippen LogP contribution in [0.5, 0.6) is 0 Å². The number of nitrogens with one attached hydrogen (secondary N) is 1. The molecule has 0 fully saturated rings. The number of amides is 1. The number of carbonyl (C=O) groups is 2. The number of carbonyl (C=O) groups excluding carboxylic acids is 2. The molecule has 0 aliphatic rings. The van der Waals surface area contributed by atoms with Crippen LogP contribution in [0.1, 0.15) is 10.4 Å². The topological polar surface area (TPSA) is 68.3 Å². The lowest BCUT2D eigenvalue weighted by molar-refractivity contribution is -0.142. The van der Waals surface area contributed by atoms with Gasteiger partial charge in [0.1, 0.15) is 0 Å². The lowest BCUT2D eigenvalue weighted by Crippen LogP contribution is -2.21. The molecule has 1 amide bonds. The fourth-order valence-corrected chi connectivity index (χ4v) is 2.54. The van der Waals surface area contributed by atoms with Crippen LogP contribution in [0.4, 0.5) is 5.82 Å². The van der Waals surface area contributed by atoms with Crippen LogP contribution in [-0.2, 0) is 14.3 Å². The van der Waals surface area contributed by atoms with Crippen molar-refractivity contribution in [1.82, 2.24) is 4.98 Å². The van der Waals surface area contributed by atoms with Crippen molar-refractivity contribution >= 4 is 58.3 Å². The van der Waals surface area contributed by atoms with Crippen LogP contribution in [0, 0.1) is 6.92 Å². The van der Waals surface area contributed by atoms with E-state index in [0.717, 1.165) is 4.88 Å². The number of halogens is 2. The molecule has 23 heavy (non-hydrogen) atoms. The minimum Gasteiger partial charge on any atom is -0.452 e. The number of nitrogens with zero attached hydrogens (tertiary/aromatic N) is 1. The predicted molar refractivity (Wildman–Crippen MR) is 91.9 cm³/mol. The number of rotatable bonds is 5. The second-order valence-corrected chi connectivity index (χ2v) is 6.16. The number of thiophene rings is 1. The highest BCUT2D eigenvalue weighted by molar-refractivity contribution is 7.10. The number of hydrogen-bond acceptors (Lipinski definition) is 5. The van der Waals surface area contributed by atoms with Crippen molar-refractivity contribution in [3.05, 3.63) is 50.3 Å². The van der Waals surface area contributed by atoms with Gasteiger partial charge in [0.25, 0.3) is 5.91 Å². The Morgan fingerprint density at radius 3 is 2.91 bits per heavy atom. The molecule has 8 heteroatoms. The largest absolute Gasteiger partial charge is 0.452 e. The first-order chi connectivity index (χ1) is 11.0. The van der Waals surface area contributed by atoms with Gasteiger partial charge in [0.2, 0.25) is 0 Å². The Hall–Kier alpha value is -1.89. The van der Waals surface area contributed by atoms with E-state index in [-0.39, 0.29) is 10.8 Å². The number of ether oxygens (including phenoxy) is 1. The first-order valence-corrected chi connectivity index (χ1v) is 8.09. The minimum absolute atomic E-state index is 0.170. The fraction of sp³-hybridized carbons (Fsp3) is 0.133. The van der Waals surface area contributed by atoms with Crippen LogP contribution in [-0.4, -0.2) is 23.5 Å². The summed E-state index contributed by atoms with van der Waals surface area (Å²) in [6.45, 7) is 1.27. The van der Waals surface area contributed by atoms with Gasteiger partial charge in [-0.1, -0.05) is 29.3 Å². The third-order valence-corrected chi connectivity index (χ3v) is 4.41. The van der Waals surface area contributed by atoms with Crippen LogP contribution in [0.15, 0.2) is 29.8 Å². The lowest BCUT2D eigenvalue weighted by atomic mass is 10.3. The third-order valence-electron chi connectivity index (χ3n) is 2.73. The normalized spacial score (nSPS) is 10.7. The highest BCUT2D eigenvalue weighted by Crippen LogP contribution is 2.28. The summed E-state index contributed by atoms with van der Waals surface area (Å²) in [5.74, 6) is -0.984. The molecule has 0 radical (unpaired) electrons. The van der Waals surface area contributed by atoms with Gasteiger partial charge in [0.15, 0.2) is 12.4 Å². The van der Waals surface area contributed by atoms with E-state index in [4.69, 9.17) is 27.9 Å². The molecule has 2 heterocycles. The van der Waals surface area contributed by atoms with Crippen molar-refractivity contribution in [3.8, 4) is 0 Å². The van der Waals surface area contributed by atoms with Crippen molar-refractivity contribution in [2.24, 2.45) is 0 Å². The summed E-state index contributed by atoms with van der Waals surface area (Å²) in [7, 11) is 0. The van der Waals surface area contributed by atoms with Crippen molar-refractivity contribution < 1.29 is 14.3 Å². The molecule has 2 aromatic heterocycles. The summed E-state index contributed by atoms with van der Waals surface area (Å²) in [6.07, 6.45) is 4.26. The quantitative estimate of drug-likeness (QED) is 0.638. The summed E-state index contributed by atoms with van der Waals surface area (Å²) in [4.78, 5) is 28.1. The van der Waals surface area contributed by atoms with Gasteiger partial charge in [-0.25, -0.2) is 9.78 Å². The fourth-order valence-electron chi connectivity index (χ4n) is 1.53. The maximum atomic E-state index is 11.8. The van der Waals surface area contributed by atoms with Gasteiger partial charge in [-0.3, -0.25) is 4.79 Å². The maximum Gasteiger partial charge on any atom is 0.331 e. The SMILES string of the molecule is Cc1c(Cl)cnc(NC(=O)COC(=O)C=Cc2cccs2)c1Cl. The average Bonchev–Trinajstić information content (AvgIpc) is 3.05. The molecule has 120 valence electrons. The monoisotopic (exact) mass is 370 g/mol. The molecule has 0 bridgehead atoms. The zero-order valence-corrected chi connectivity index (χ0v) is 14.3. The number of pyridine rings is 1. The van der Waals surface area contributed by atoms with Gasteiger partial charge in [0, 0.05) is 17.2 Å². The van der Waals surface area contributed by atoms with Crippen LogP contribution in [0.3, 0.4) is 0 Å². The van der Waals surface area contributed by atoms with E-state index in [2.05, 4.69) is 10.3 Å². The van der Waals surface area contributed by atoms with Crippen molar-refractivity contribution in [1.29, 1.82) is 0 Å². The van der Waals surface area contributed by atoms with Crippen molar-refractivity contribution in [3.63, 3.8) is 0 Å². The van der Waals surface area contributed by atoms with E-state index >= 15 is 0 Å². The molecule has 0 spiro atoms. The summed E-state index contributed by atoms with van der Waals surface area (Å²) in [6, 6.07) is 3.73. The molecule has 2 rings (SSSR count).